The number of ketones is 1. The molecule has 1 heterocycles. The number of ether oxygens (including phenoxy) is 2. The molecule has 1 amide bonds. The normalized spacial score (nSPS) is 17.2. The molecule has 4 rings (SSSR count). The fourth-order valence-electron chi connectivity index (χ4n) is 4.36. The van der Waals surface area contributed by atoms with E-state index in [9.17, 15) is 27.9 Å². The van der Waals surface area contributed by atoms with Gasteiger partial charge in [-0.25, -0.2) is 0 Å². The maximum absolute atomic E-state index is 13.4. The summed E-state index contributed by atoms with van der Waals surface area (Å²) >= 11 is 12.6. The van der Waals surface area contributed by atoms with Gasteiger partial charge in [-0.1, -0.05) is 53.0 Å². The maximum atomic E-state index is 13.4. The van der Waals surface area contributed by atoms with E-state index >= 15 is 0 Å². The number of amides is 1. The number of nitrogens with zero attached hydrogens (tertiary/aromatic N) is 1. The highest BCUT2D eigenvalue weighted by atomic mass is 35.5. The lowest BCUT2D eigenvalue weighted by molar-refractivity contribution is -0.137. The molecule has 0 aromatic heterocycles. The van der Waals surface area contributed by atoms with Crippen LogP contribution in [0.15, 0.2) is 60.2 Å². The standard InChI is InChI=1S/C27H20Cl2F3NO5/c1-13-5-4-6-14(11-13)21-19(22(34)17-12-18(28)25(38-3)20(29)24(17)37-2)23(35)26(36)33(21)16-9-7-15(8-10-16)27(30,31)32/h4-12,21,34H,1-3H3/b22-19+. The molecule has 0 radical (unpaired) electrons. The van der Waals surface area contributed by atoms with Gasteiger partial charge in [0.05, 0.1) is 42.0 Å². The first-order valence-electron chi connectivity index (χ1n) is 11.1. The predicted molar refractivity (Wildman–Crippen MR) is 137 cm³/mol. The molecule has 0 aliphatic carbocycles. The molecule has 0 bridgehead atoms. The van der Waals surface area contributed by atoms with Gasteiger partial charge in [0.1, 0.15) is 10.8 Å². The Morgan fingerprint density at radius 2 is 1.61 bits per heavy atom. The number of rotatable bonds is 5. The second kappa shape index (κ2) is 10.2. The molecule has 198 valence electrons. The van der Waals surface area contributed by atoms with Crippen molar-refractivity contribution in [1.82, 2.24) is 0 Å². The van der Waals surface area contributed by atoms with Gasteiger partial charge in [0.25, 0.3) is 11.7 Å². The Morgan fingerprint density at radius 3 is 2.16 bits per heavy atom. The van der Waals surface area contributed by atoms with E-state index in [4.69, 9.17) is 32.7 Å². The number of aliphatic hydroxyl groups is 1. The van der Waals surface area contributed by atoms with Crippen molar-refractivity contribution < 1.29 is 37.3 Å². The van der Waals surface area contributed by atoms with Crippen LogP contribution in [0.4, 0.5) is 18.9 Å². The van der Waals surface area contributed by atoms with Gasteiger partial charge in [0.2, 0.25) is 0 Å². The molecular weight excluding hydrogens is 546 g/mol. The molecule has 11 heteroatoms. The lowest BCUT2D eigenvalue weighted by Crippen LogP contribution is -2.29. The Labute approximate surface area is 225 Å². The van der Waals surface area contributed by atoms with Crippen molar-refractivity contribution >= 4 is 46.3 Å². The number of carbonyl (C=O) groups excluding carboxylic acids is 2. The molecule has 1 saturated heterocycles. The molecule has 1 atom stereocenters. The van der Waals surface area contributed by atoms with Gasteiger partial charge in [-0.05, 0) is 42.8 Å². The fraction of sp³-hybridized carbons (Fsp3) is 0.185. The number of hydrogen-bond acceptors (Lipinski definition) is 5. The molecule has 38 heavy (non-hydrogen) atoms. The van der Waals surface area contributed by atoms with Gasteiger partial charge in [0, 0.05) is 5.69 Å². The Balaban J connectivity index is 1.99. The van der Waals surface area contributed by atoms with Crippen molar-refractivity contribution in [2.24, 2.45) is 0 Å². The molecule has 0 saturated carbocycles. The monoisotopic (exact) mass is 565 g/mol. The maximum Gasteiger partial charge on any atom is 0.416 e. The van der Waals surface area contributed by atoms with Crippen LogP contribution in [0.2, 0.25) is 10.0 Å². The van der Waals surface area contributed by atoms with Gasteiger partial charge < -0.3 is 14.6 Å². The van der Waals surface area contributed by atoms with E-state index in [0.29, 0.717) is 5.56 Å². The average molecular weight is 566 g/mol. The summed E-state index contributed by atoms with van der Waals surface area (Å²) in [6, 6.07) is 10.7. The van der Waals surface area contributed by atoms with Crippen molar-refractivity contribution in [2.45, 2.75) is 19.1 Å². The van der Waals surface area contributed by atoms with Crippen LogP contribution in [-0.4, -0.2) is 31.0 Å². The Morgan fingerprint density at radius 1 is 0.974 bits per heavy atom. The Kier molecular flexibility index (Phi) is 7.36. The topological polar surface area (TPSA) is 76.1 Å². The highest BCUT2D eigenvalue weighted by Crippen LogP contribution is 2.48. The van der Waals surface area contributed by atoms with E-state index in [2.05, 4.69) is 0 Å². The first kappa shape index (κ1) is 27.3. The zero-order chi connectivity index (χ0) is 27.9. The summed E-state index contributed by atoms with van der Waals surface area (Å²) in [7, 11) is 2.61. The summed E-state index contributed by atoms with van der Waals surface area (Å²) in [4.78, 5) is 27.7. The van der Waals surface area contributed by atoms with Crippen molar-refractivity contribution in [1.29, 1.82) is 0 Å². The molecule has 3 aromatic carbocycles. The predicted octanol–water partition coefficient (Wildman–Crippen LogP) is 6.96. The number of halogens is 5. The van der Waals surface area contributed by atoms with Crippen LogP contribution in [0.1, 0.15) is 28.3 Å². The third-order valence-electron chi connectivity index (χ3n) is 6.07. The van der Waals surface area contributed by atoms with Gasteiger partial charge in [-0.2, -0.15) is 13.2 Å². The number of carbonyl (C=O) groups is 2. The molecule has 1 aliphatic heterocycles. The molecular formula is C27H20Cl2F3NO5. The minimum absolute atomic E-state index is 0.00363. The smallest absolute Gasteiger partial charge is 0.416 e. The Bertz CT molecular complexity index is 1470. The SMILES string of the molecule is COc1c(Cl)cc(/C(O)=C2\C(=O)C(=O)N(c3ccc(C(F)(F)F)cc3)C2c2cccc(C)c2)c(OC)c1Cl. The van der Waals surface area contributed by atoms with Gasteiger partial charge in [0.15, 0.2) is 11.5 Å². The summed E-state index contributed by atoms with van der Waals surface area (Å²) in [6.07, 6.45) is -4.59. The van der Waals surface area contributed by atoms with Crippen LogP contribution in [0.25, 0.3) is 5.76 Å². The number of aliphatic hydroxyl groups excluding tert-OH is 1. The molecule has 6 nitrogen and oxygen atoms in total. The van der Waals surface area contributed by atoms with Crippen LogP contribution >= 0.6 is 23.2 Å². The second-order valence-corrected chi connectivity index (χ2v) is 9.20. The summed E-state index contributed by atoms with van der Waals surface area (Å²) in [6.45, 7) is 1.79. The number of benzene rings is 3. The largest absolute Gasteiger partial charge is 0.507 e. The lowest BCUT2D eigenvalue weighted by Gasteiger charge is -2.26. The summed E-state index contributed by atoms with van der Waals surface area (Å²) in [5.41, 5.74) is -0.0629. The number of alkyl halides is 3. The van der Waals surface area contributed by atoms with Crippen molar-refractivity contribution in [3.8, 4) is 11.5 Å². The summed E-state index contributed by atoms with van der Waals surface area (Å²) in [5, 5.41) is 11.4. The summed E-state index contributed by atoms with van der Waals surface area (Å²) in [5.74, 6) is -2.72. The third kappa shape index (κ3) is 4.68. The minimum atomic E-state index is -4.59. The molecule has 1 aliphatic rings. The van der Waals surface area contributed by atoms with Crippen molar-refractivity contribution in [2.75, 3.05) is 19.1 Å². The molecule has 1 unspecified atom stereocenters. The van der Waals surface area contributed by atoms with Crippen LogP contribution < -0.4 is 14.4 Å². The van der Waals surface area contributed by atoms with Crippen LogP contribution in [0.5, 0.6) is 11.5 Å². The van der Waals surface area contributed by atoms with Crippen molar-refractivity contribution in [3.63, 3.8) is 0 Å². The van der Waals surface area contributed by atoms with Crippen LogP contribution in [0, 0.1) is 6.92 Å². The lowest BCUT2D eigenvalue weighted by atomic mass is 9.94. The highest BCUT2D eigenvalue weighted by Gasteiger charge is 2.47. The van der Waals surface area contributed by atoms with E-state index in [1.54, 1.807) is 31.2 Å². The van der Waals surface area contributed by atoms with E-state index < -0.39 is 35.2 Å². The molecule has 0 spiro atoms. The average Bonchev–Trinajstić information content (AvgIpc) is 3.13. The number of methoxy groups -OCH3 is 2. The van der Waals surface area contributed by atoms with Crippen LogP contribution in [0.3, 0.4) is 0 Å². The van der Waals surface area contributed by atoms with E-state index in [0.717, 1.165) is 34.7 Å². The zero-order valence-corrected chi connectivity index (χ0v) is 21.7. The quantitative estimate of drug-likeness (QED) is 0.205. The fourth-order valence-corrected chi connectivity index (χ4v) is 5.04. The second-order valence-electron chi connectivity index (χ2n) is 8.41. The number of aryl methyl sites for hydroxylation is 1. The van der Waals surface area contributed by atoms with Gasteiger partial charge >= 0.3 is 6.18 Å². The molecule has 3 aromatic rings. The zero-order valence-electron chi connectivity index (χ0n) is 20.2. The summed E-state index contributed by atoms with van der Waals surface area (Å²) < 4.78 is 50.0. The number of anilines is 1. The number of Topliss-reactive ketones (excluding diaryl/α,β-unsaturated/α-hetero) is 1. The van der Waals surface area contributed by atoms with Crippen molar-refractivity contribution in [3.05, 3.63) is 92.5 Å². The Hall–Kier alpha value is -3.69. The first-order valence-corrected chi connectivity index (χ1v) is 11.8. The first-order chi connectivity index (χ1) is 17.9. The van der Waals surface area contributed by atoms with E-state index in [1.807, 2.05) is 0 Å². The van der Waals surface area contributed by atoms with Gasteiger partial charge in [-0.3, -0.25) is 14.5 Å². The number of hydrogen-bond donors (Lipinski definition) is 1. The third-order valence-corrected chi connectivity index (χ3v) is 6.69. The van der Waals surface area contributed by atoms with Crippen LogP contribution in [-0.2, 0) is 15.8 Å². The van der Waals surface area contributed by atoms with E-state index in [1.165, 1.54) is 20.3 Å². The molecule has 1 fully saturated rings. The minimum Gasteiger partial charge on any atom is -0.507 e. The van der Waals surface area contributed by atoms with E-state index in [-0.39, 0.29) is 38.4 Å². The highest BCUT2D eigenvalue weighted by molar-refractivity contribution is 6.52. The molecule has 1 N–H and O–H groups in total. The van der Waals surface area contributed by atoms with Gasteiger partial charge in [-0.15, -0.1) is 0 Å².